The molecule has 1 N–H and O–H groups in total. The Kier molecular flexibility index (Phi) is 7.55. The van der Waals surface area contributed by atoms with Crippen molar-refractivity contribution >= 4 is 17.5 Å². The predicted molar refractivity (Wildman–Crippen MR) is 139 cm³/mol. The summed E-state index contributed by atoms with van der Waals surface area (Å²) >= 11 is 0. The summed E-state index contributed by atoms with van der Waals surface area (Å²) < 4.78 is 40.4. The van der Waals surface area contributed by atoms with Crippen molar-refractivity contribution in [3.8, 4) is 6.07 Å². The Labute approximate surface area is 223 Å². The van der Waals surface area contributed by atoms with Gasteiger partial charge in [-0.05, 0) is 55.3 Å². The lowest BCUT2D eigenvalue weighted by Crippen LogP contribution is -2.50. The summed E-state index contributed by atoms with van der Waals surface area (Å²) in [5.41, 5.74) is 0.724. The first kappa shape index (κ1) is 27.2. The monoisotopic (exact) mass is 528 g/mol. The number of anilines is 1. The molecule has 6 nitrogen and oxygen atoms in total. The van der Waals surface area contributed by atoms with Crippen molar-refractivity contribution in [2.75, 3.05) is 4.90 Å². The Balaban J connectivity index is 1.85. The Morgan fingerprint density at radius 2 is 1.74 bits per heavy atom. The number of alkyl halides is 3. The number of nitrogens with one attached hydrogen (secondary N) is 1. The van der Waals surface area contributed by atoms with Gasteiger partial charge in [0.25, 0.3) is 0 Å². The average Bonchev–Trinajstić information content (AvgIpc) is 2.93. The smallest absolute Gasteiger partial charge is 0.349 e. The number of allylic oxidation sites excluding steroid dienone is 2. The summed E-state index contributed by atoms with van der Waals surface area (Å²) in [6.45, 7) is 11.1. The first-order valence-corrected chi connectivity index (χ1v) is 12.0. The number of nitriles is 1. The summed E-state index contributed by atoms with van der Waals surface area (Å²) in [5.74, 6) is -3.89. The van der Waals surface area contributed by atoms with Crippen LogP contribution in [0.3, 0.4) is 0 Å². The van der Waals surface area contributed by atoms with Gasteiger partial charge in [-0.25, -0.2) is 4.85 Å². The molecule has 4 rings (SSSR count). The largest absolute Gasteiger partial charge is 0.416 e. The summed E-state index contributed by atoms with van der Waals surface area (Å²) in [5, 5.41) is 12.0. The second-order valence-electron chi connectivity index (χ2n) is 9.13. The molecule has 0 bridgehead atoms. The fourth-order valence-electron chi connectivity index (χ4n) is 4.74. The van der Waals surface area contributed by atoms with Crippen molar-refractivity contribution in [2.45, 2.75) is 32.0 Å². The SMILES string of the molecule is [C-]#[N+]C1=C(C)N(c2cccc(C(F)(F)F)c2)C(=O)C(C(=O)N[C@@H](C)c2ccccc2)C1c1ccc(C#N)cc1. The minimum absolute atomic E-state index is 0.0456. The third kappa shape index (κ3) is 5.39. The Hall–Kier alpha value is -4.89. The number of hydrogen-bond donors (Lipinski definition) is 1. The molecule has 2 amide bonds. The normalized spacial score (nSPS) is 18.2. The molecule has 39 heavy (non-hydrogen) atoms. The third-order valence-corrected chi connectivity index (χ3v) is 6.71. The van der Waals surface area contributed by atoms with Crippen LogP contribution in [0.15, 0.2) is 90.3 Å². The fraction of sp³-hybridized carbons (Fsp3) is 0.200. The Bertz CT molecular complexity index is 1520. The summed E-state index contributed by atoms with van der Waals surface area (Å²) in [4.78, 5) is 32.4. The highest BCUT2D eigenvalue weighted by molar-refractivity contribution is 6.12. The number of halogens is 3. The quantitative estimate of drug-likeness (QED) is 0.310. The molecule has 196 valence electrons. The van der Waals surface area contributed by atoms with E-state index in [1.807, 2.05) is 36.4 Å². The van der Waals surface area contributed by atoms with Gasteiger partial charge in [-0.15, -0.1) is 0 Å². The maximum absolute atomic E-state index is 14.0. The molecule has 0 saturated heterocycles. The highest BCUT2D eigenvalue weighted by Gasteiger charge is 2.47. The van der Waals surface area contributed by atoms with Crippen LogP contribution in [0.2, 0.25) is 0 Å². The molecule has 1 heterocycles. The Morgan fingerprint density at radius 1 is 1.08 bits per heavy atom. The maximum atomic E-state index is 14.0. The lowest BCUT2D eigenvalue weighted by atomic mass is 9.78. The van der Waals surface area contributed by atoms with E-state index in [4.69, 9.17) is 6.57 Å². The van der Waals surface area contributed by atoms with E-state index >= 15 is 0 Å². The molecule has 0 aromatic heterocycles. The number of carbonyl (C=O) groups is 2. The molecular formula is C30H23F3N4O2. The van der Waals surface area contributed by atoms with Gasteiger partial charge in [-0.2, -0.15) is 18.4 Å². The van der Waals surface area contributed by atoms with Crippen LogP contribution in [0, 0.1) is 23.8 Å². The fourth-order valence-corrected chi connectivity index (χ4v) is 4.74. The summed E-state index contributed by atoms with van der Waals surface area (Å²) in [6.07, 6.45) is -4.65. The van der Waals surface area contributed by atoms with Crippen LogP contribution in [0.25, 0.3) is 4.85 Å². The van der Waals surface area contributed by atoms with Gasteiger partial charge in [0.1, 0.15) is 5.92 Å². The number of nitrogens with zero attached hydrogens (tertiary/aromatic N) is 3. The average molecular weight is 529 g/mol. The highest BCUT2D eigenvalue weighted by atomic mass is 19.4. The summed E-state index contributed by atoms with van der Waals surface area (Å²) in [7, 11) is 0. The topological polar surface area (TPSA) is 77.6 Å². The molecule has 3 aromatic carbocycles. The molecular weight excluding hydrogens is 505 g/mol. The minimum atomic E-state index is -4.65. The molecule has 0 spiro atoms. The molecule has 9 heteroatoms. The van der Waals surface area contributed by atoms with E-state index in [0.29, 0.717) is 11.1 Å². The molecule has 0 saturated carbocycles. The van der Waals surface area contributed by atoms with E-state index in [2.05, 4.69) is 10.2 Å². The number of benzene rings is 3. The Morgan fingerprint density at radius 3 is 2.33 bits per heavy atom. The lowest BCUT2D eigenvalue weighted by Gasteiger charge is -2.38. The van der Waals surface area contributed by atoms with Crippen molar-refractivity contribution in [3.63, 3.8) is 0 Å². The molecule has 3 atom stereocenters. The van der Waals surface area contributed by atoms with E-state index in [1.54, 1.807) is 19.1 Å². The van der Waals surface area contributed by atoms with Crippen LogP contribution in [0.1, 0.15) is 48.1 Å². The molecule has 2 unspecified atom stereocenters. The molecule has 1 aliphatic heterocycles. The van der Waals surface area contributed by atoms with Crippen LogP contribution < -0.4 is 10.2 Å². The second kappa shape index (κ2) is 10.8. The van der Waals surface area contributed by atoms with E-state index in [-0.39, 0.29) is 17.1 Å². The zero-order chi connectivity index (χ0) is 28.3. The van der Waals surface area contributed by atoms with E-state index in [9.17, 15) is 28.0 Å². The zero-order valence-corrected chi connectivity index (χ0v) is 21.0. The summed E-state index contributed by atoms with van der Waals surface area (Å²) in [6, 6.07) is 21.0. The van der Waals surface area contributed by atoms with Gasteiger partial charge in [-0.1, -0.05) is 48.5 Å². The van der Waals surface area contributed by atoms with E-state index in [0.717, 1.165) is 22.6 Å². The molecule has 0 radical (unpaired) electrons. The minimum Gasteiger partial charge on any atom is -0.349 e. The highest BCUT2D eigenvalue weighted by Crippen LogP contribution is 2.44. The van der Waals surface area contributed by atoms with Crippen molar-refractivity contribution in [3.05, 3.63) is 124 Å². The number of rotatable bonds is 5. The molecule has 1 aliphatic rings. The van der Waals surface area contributed by atoms with Crippen molar-refractivity contribution in [1.29, 1.82) is 5.26 Å². The van der Waals surface area contributed by atoms with Gasteiger partial charge in [0.15, 0.2) is 5.70 Å². The number of carbonyl (C=O) groups excluding carboxylic acids is 2. The second-order valence-corrected chi connectivity index (χ2v) is 9.13. The van der Waals surface area contributed by atoms with Gasteiger partial charge in [0.2, 0.25) is 11.8 Å². The third-order valence-electron chi connectivity index (χ3n) is 6.71. The van der Waals surface area contributed by atoms with Crippen LogP contribution in [0.5, 0.6) is 0 Å². The van der Waals surface area contributed by atoms with E-state index < -0.39 is 41.4 Å². The van der Waals surface area contributed by atoms with Crippen LogP contribution in [-0.2, 0) is 15.8 Å². The van der Waals surface area contributed by atoms with Crippen LogP contribution >= 0.6 is 0 Å². The van der Waals surface area contributed by atoms with Gasteiger partial charge in [0.05, 0.1) is 29.8 Å². The van der Waals surface area contributed by atoms with Crippen LogP contribution in [-0.4, -0.2) is 11.8 Å². The van der Waals surface area contributed by atoms with Crippen molar-refractivity contribution in [1.82, 2.24) is 5.32 Å². The van der Waals surface area contributed by atoms with Gasteiger partial charge in [0, 0.05) is 17.3 Å². The predicted octanol–water partition coefficient (Wildman–Crippen LogP) is 6.35. The van der Waals surface area contributed by atoms with Gasteiger partial charge >= 0.3 is 6.18 Å². The maximum Gasteiger partial charge on any atom is 0.416 e. The van der Waals surface area contributed by atoms with Crippen molar-refractivity contribution < 1.29 is 22.8 Å². The molecule has 3 aromatic rings. The molecule has 0 fully saturated rings. The molecule has 0 aliphatic carbocycles. The first-order valence-electron chi connectivity index (χ1n) is 12.0. The first-order chi connectivity index (χ1) is 18.6. The van der Waals surface area contributed by atoms with Crippen molar-refractivity contribution in [2.24, 2.45) is 5.92 Å². The zero-order valence-electron chi connectivity index (χ0n) is 21.0. The van der Waals surface area contributed by atoms with Gasteiger partial charge < -0.3 is 5.32 Å². The van der Waals surface area contributed by atoms with Gasteiger partial charge in [-0.3, -0.25) is 14.5 Å². The number of amides is 2. The van der Waals surface area contributed by atoms with E-state index in [1.165, 1.54) is 31.2 Å². The standard InChI is InChI=1S/C30H23F3N4O2/c1-18(21-8-5-4-6-9-21)36-28(38)26-25(22-14-12-20(17-34)13-15-22)27(35-3)19(2)37(29(26)39)24-11-7-10-23(16-24)30(31,32)33/h4-16,18,25-26H,1-2H3,(H,36,38)/t18-,25?,26?/m0/s1. The van der Waals surface area contributed by atoms with Crippen LogP contribution in [0.4, 0.5) is 18.9 Å². The number of hydrogen-bond acceptors (Lipinski definition) is 3. The lowest BCUT2D eigenvalue weighted by molar-refractivity contribution is -0.138.